The SMILES string of the molecule is CCCCOCC(O)[C@H]1O[C@@H]2OC(C)(C)O[C@H]2C1N=[N+]=[N-]. The van der Waals surface area contributed by atoms with Crippen LogP contribution in [0.2, 0.25) is 0 Å². The maximum Gasteiger partial charge on any atom is 0.188 e. The molecule has 0 saturated carbocycles. The Kier molecular flexibility index (Phi) is 5.43. The van der Waals surface area contributed by atoms with Gasteiger partial charge >= 0.3 is 0 Å². The maximum absolute atomic E-state index is 10.2. The third-order valence-electron chi connectivity index (χ3n) is 3.55. The van der Waals surface area contributed by atoms with E-state index in [1.807, 2.05) is 0 Å². The molecule has 21 heavy (non-hydrogen) atoms. The minimum absolute atomic E-state index is 0.130. The molecule has 1 N–H and O–H groups in total. The number of azide groups is 1. The second kappa shape index (κ2) is 6.91. The zero-order valence-corrected chi connectivity index (χ0v) is 12.6. The Labute approximate surface area is 123 Å². The summed E-state index contributed by atoms with van der Waals surface area (Å²) in [6.07, 6.45) is -0.758. The van der Waals surface area contributed by atoms with Crippen LogP contribution in [0.5, 0.6) is 0 Å². The van der Waals surface area contributed by atoms with E-state index in [0.29, 0.717) is 6.61 Å². The van der Waals surface area contributed by atoms with Crippen LogP contribution in [-0.2, 0) is 18.9 Å². The van der Waals surface area contributed by atoms with Crippen LogP contribution in [0.1, 0.15) is 33.6 Å². The van der Waals surface area contributed by atoms with Gasteiger partial charge in [-0.05, 0) is 25.8 Å². The molecule has 0 aromatic carbocycles. The molecule has 2 aliphatic heterocycles. The minimum atomic E-state index is -0.890. The summed E-state index contributed by atoms with van der Waals surface area (Å²) in [5.41, 5.74) is 8.72. The Hall–Kier alpha value is -0.890. The van der Waals surface area contributed by atoms with Crippen LogP contribution in [0, 0.1) is 0 Å². The van der Waals surface area contributed by atoms with Gasteiger partial charge in [-0.2, -0.15) is 0 Å². The highest BCUT2D eigenvalue weighted by atomic mass is 16.8. The summed E-state index contributed by atoms with van der Waals surface area (Å²) in [6, 6.07) is -0.633. The Morgan fingerprint density at radius 1 is 1.43 bits per heavy atom. The fourth-order valence-electron chi connectivity index (χ4n) is 2.57. The molecule has 0 aromatic rings. The molecule has 0 bridgehead atoms. The van der Waals surface area contributed by atoms with E-state index in [1.165, 1.54) is 0 Å². The lowest BCUT2D eigenvalue weighted by atomic mass is 10.0. The van der Waals surface area contributed by atoms with E-state index in [-0.39, 0.29) is 6.61 Å². The number of aliphatic hydroxyl groups excluding tert-OH is 1. The smallest absolute Gasteiger partial charge is 0.188 e. The first-order valence-corrected chi connectivity index (χ1v) is 7.29. The highest BCUT2D eigenvalue weighted by Gasteiger charge is 2.56. The van der Waals surface area contributed by atoms with Gasteiger partial charge in [0.25, 0.3) is 0 Å². The van der Waals surface area contributed by atoms with Crippen LogP contribution in [-0.4, -0.2) is 54.8 Å². The van der Waals surface area contributed by atoms with Crippen molar-refractivity contribution < 1.29 is 24.1 Å². The molecule has 2 heterocycles. The Morgan fingerprint density at radius 2 is 2.19 bits per heavy atom. The Bertz CT molecular complexity index is 399. The number of rotatable bonds is 7. The third-order valence-corrected chi connectivity index (χ3v) is 3.55. The summed E-state index contributed by atoms with van der Waals surface area (Å²) >= 11 is 0. The van der Waals surface area contributed by atoms with Gasteiger partial charge in [0, 0.05) is 11.5 Å². The summed E-state index contributed by atoms with van der Waals surface area (Å²) in [5.74, 6) is -0.786. The fourth-order valence-corrected chi connectivity index (χ4v) is 2.57. The van der Waals surface area contributed by atoms with Crippen LogP contribution >= 0.6 is 0 Å². The van der Waals surface area contributed by atoms with Crippen LogP contribution in [0.4, 0.5) is 0 Å². The van der Waals surface area contributed by atoms with Gasteiger partial charge in [0.15, 0.2) is 12.1 Å². The van der Waals surface area contributed by atoms with Crippen molar-refractivity contribution in [2.45, 2.75) is 70.0 Å². The number of hydrogen-bond donors (Lipinski definition) is 1. The largest absolute Gasteiger partial charge is 0.388 e. The fraction of sp³-hybridized carbons (Fsp3) is 1.00. The summed E-state index contributed by atoms with van der Waals surface area (Å²) in [6.45, 7) is 6.31. The van der Waals surface area contributed by atoms with Gasteiger partial charge in [0.2, 0.25) is 0 Å². The van der Waals surface area contributed by atoms with Gasteiger partial charge in [-0.15, -0.1) is 0 Å². The lowest BCUT2D eigenvalue weighted by Crippen LogP contribution is -2.41. The standard InChI is InChI=1S/C13H23N3O5/c1-4-5-6-18-7-8(17)10-9(15-16-14)11-12(19-10)21-13(2,3)20-11/h8-12,17H,4-7H2,1-3H3/t8?,9?,10-,11+,12-/m1/s1. The zero-order valence-electron chi connectivity index (χ0n) is 12.6. The number of hydrogen-bond acceptors (Lipinski definition) is 6. The first kappa shape index (κ1) is 16.5. The van der Waals surface area contributed by atoms with Gasteiger partial charge in [-0.3, -0.25) is 0 Å². The van der Waals surface area contributed by atoms with Crippen LogP contribution < -0.4 is 0 Å². The predicted octanol–water partition coefficient (Wildman–Crippen LogP) is 1.72. The van der Waals surface area contributed by atoms with Crippen molar-refractivity contribution in [2.75, 3.05) is 13.2 Å². The molecule has 0 amide bonds. The molecule has 0 aromatic heterocycles. The molecule has 8 nitrogen and oxygen atoms in total. The first-order valence-electron chi connectivity index (χ1n) is 7.29. The summed E-state index contributed by atoms with van der Waals surface area (Å²) in [5, 5.41) is 13.9. The van der Waals surface area contributed by atoms with Crippen molar-refractivity contribution in [2.24, 2.45) is 5.11 Å². The number of nitrogens with zero attached hydrogens (tertiary/aromatic N) is 3. The quantitative estimate of drug-likeness (QED) is 0.333. The summed E-state index contributed by atoms with van der Waals surface area (Å²) in [7, 11) is 0. The second-order valence-electron chi connectivity index (χ2n) is 5.76. The summed E-state index contributed by atoms with van der Waals surface area (Å²) in [4.78, 5) is 2.83. The van der Waals surface area contributed by atoms with Gasteiger partial charge in [-0.1, -0.05) is 18.5 Å². The molecule has 2 aliphatic rings. The van der Waals surface area contributed by atoms with E-state index in [0.717, 1.165) is 12.8 Å². The van der Waals surface area contributed by atoms with Crippen molar-refractivity contribution in [1.82, 2.24) is 0 Å². The van der Waals surface area contributed by atoms with Crippen molar-refractivity contribution >= 4 is 0 Å². The molecular weight excluding hydrogens is 278 g/mol. The van der Waals surface area contributed by atoms with Crippen molar-refractivity contribution in [3.63, 3.8) is 0 Å². The van der Waals surface area contributed by atoms with Gasteiger partial charge in [-0.25, -0.2) is 0 Å². The monoisotopic (exact) mass is 301 g/mol. The minimum Gasteiger partial charge on any atom is -0.388 e. The average Bonchev–Trinajstić information content (AvgIpc) is 2.88. The number of unbranched alkanes of at least 4 members (excludes halogenated alkanes) is 1. The van der Waals surface area contributed by atoms with E-state index in [1.54, 1.807) is 13.8 Å². The van der Waals surface area contributed by atoms with Crippen LogP contribution in [0.3, 0.4) is 0 Å². The first-order chi connectivity index (χ1) is 9.98. The number of fused-ring (bicyclic) bond motifs is 1. The van der Waals surface area contributed by atoms with E-state index < -0.39 is 36.4 Å². The predicted molar refractivity (Wildman–Crippen MR) is 73.4 cm³/mol. The van der Waals surface area contributed by atoms with Crippen molar-refractivity contribution in [1.29, 1.82) is 0 Å². The molecule has 2 saturated heterocycles. The highest BCUT2D eigenvalue weighted by molar-refractivity contribution is 5.00. The molecule has 0 aliphatic carbocycles. The second-order valence-corrected chi connectivity index (χ2v) is 5.76. The topological polar surface area (TPSA) is 106 Å². The zero-order chi connectivity index (χ0) is 15.5. The molecule has 2 fully saturated rings. The maximum atomic E-state index is 10.2. The Balaban J connectivity index is 1.95. The molecule has 0 spiro atoms. The lowest BCUT2D eigenvalue weighted by Gasteiger charge is -2.26. The van der Waals surface area contributed by atoms with Crippen LogP contribution in [0.25, 0.3) is 10.4 Å². The van der Waals surface area contributed by atoms with Crippen LogP contribution in [0.15, 0.2) is 5.11 Å². The van der Waals surface area contributed by atoms with Gasteiger partial charge in [0.1, 0.15) is 18.3 Å². The van der Waals surface area contributed by atoms with Gasteiger partial charge < -0.3 is 24.1 Å². The number of aliphatic hydroxyl groups is 1. The molecule has 120 valence electrons. The number of ether oxygens (including phenoxy) is 4. The highest BCUT2D eigenvalue weighted by Crippen LogP contribution is 2.39. The average molecular weight is 301 g/mol. The molecule has 0 radical (unpaired) electrons. The van der Waals surface area contributed by atoms with Gasteiger partial charge in [0.05, 0.1) is 12.6 Å². The van der Waals surface area contributed by atoms with E-state index in [2.05, 4.69) is 16.9 Å². The third kappa shape index (κ3) is 3.85. The van der Waals surface area contributed by atoms with E-state index in [4.69, 9.17) is 24.5 Å². The molecular formula is C13H23N3O5. The molecule has 2 rings (SSSR count). The van der Waals surface area contributed by atoms with E-state index >= 15 is 0 Å². The lowest BCUT2D eigenvalue weighted by molar-refractivity contribution is -0.218. The van der Waals surface area contributed by atoms with Crippen molar-refractivity contribution in [3.05, 3.63) is 10.4 Å². The molecule has 8 heteroatoms. The normalized spacial score (nSPS) is 35.2. The molecule has 5 atom stereocenters. The Morgan fingerprint density at radius 3 is 2.86 bits per heavy atom. The summed E-state index contributed by atoms with van der Waals surface area (Å²) < 4.78 is 22.3. The van der Waals surface area contributed by atoms with Crippen molar-refractivity contribution in [3.8, 4) is 0 Å². The molecule has 2 unspecified atom stereocenters. The van der Waals surface area contributed by atoms with E-state index in [9.17, 15) is 5.11 Å².